The van der Waals surface area contributed by atoms with E-state index in [1.807, 2.05) is 54.6 Å². The minimum absolute atomic E-state index is 0.584. The molecule has 2 aromatic rings. The van der Waals surface area contributed by atoms with Gasteiger partial charge in [-0.25, -0.2) is 0 Å². The molecule has 2 nitrogen and oxygen atoms in total. The average molecular weight is 240 g/mol. The number of aliphatic hydroxyl groups is 1. The third-order valence-electron chi connectivity index (χ3n) is 3.12. The molecule has 0 aromatic heterocycles. The Balaban J connectivity index is 2.03. The number of hydrogen-bond donors (Lipinski definition) is 2. The second kappa shape index (κ2) is 5.23. The lowest BCUT2D eigenvalue weighted by atomic mass is 9.89. The third-order valence-corrected chi connectivity index (χ3v) is 3.12. The zero-order chi connectivity index (χ0) is 13.0. The Labute approximate surface area is 108 Å². The lowest BCUT2D eigenvalue weighted by Gasteiger charge is -2.23. The molecule has 93 valence electrons. The van der Waals surface area contributed by atoms with Gasteiger partial charge in [0.1, 0.15) is 0 Å². The zero-order valence-corrected chi connectivity index (χ0v) is 10.3. The predicted octanol–water partition coefficient (Wildman–Crippen LogP) is 2.92. The summed E-state index contributed by atoms with van der Waals surface area (Å²) in [6.07, 6.45) is 1.36. The van der Waals surface area contributed by atoms with Crippen molar-refractivity contribution >= 4 is 5.69 Å². The Morgan fingerprint density at radius 1 is 1.00 bits per heavy atom. The molecule has 2 heteroatoms. The van der Waals surface area contributed by atoms with Gasteiger partial charge in [-0.15, -0.1) is 0 Å². The van der Waals surface area contributed by atoms with Crippen molar-refractivity contribution in [1.29, 1.82) is 0 Å². The maximum atomic E-state index is 10.4. The van der Waals surface area contributed by atoms with Crippen LogP contribution in [0.5, 0.6) is 0 Å². The number of nitrogens with two attached hydrogens (primary N) is 1. The lowest BCUT2D eigenvalue weighted by Crippen LogP contribution is -2.22. The number of aryl methyl sites for hydroxylation is 1. The van der Waals surface area contributed by atoms with Crippen molar-refractivity contribution in [3.63, 3.8) is 0 Å². The highest BCUT2D eigenvalue weighted by atomic mass is 16.3. The van der Waals surface area contributed by atoms with Gasteiger partial charge in [-0.1, -0.05) is 42.5 Å². The summed E-state index contributed by atoms with van der Waals surface area (Å²) in [6, 6.07) is 17.3. The molecular formula is C16H18NO. The number of benzene rings is 2. The molecule has 0 heterocycles. The average Bonchev–Trinajstić information content (AvgIpc) is 2.39. The molecule has 0 bridgehead atoms. The summed E-state index contributed by atoms with van der Waals surface area (Å²) >= 11 is 0. The number of hydrogen-bond acceptors (Lipinski definition) is 2. The van der Waals surface area contributed by atoms with Crippen molar-refractivity contribution in [3.05, 3.63) is 72.6 Å². The van der Waals surface area contributed by atoms with Crippen LogP contribution in [0, 0.1) is 6.92 Å². The molecule has 18 heavy (non-hydrogen) atoms. The molecule has 0 amide bonds. The topological polar surface area (TPSA) is 46.2 Å². The molecule has 3 N–H and O–H groups in total. The smallest absolute Gasteiger partial charge is 0.0900 e. The highest BCUT2D eigenvalue weighted by Crippen LogP contribution is 2.25. The Kier molecular flexibility index (Phi) is 3.68. The van der Waals surface area contributed by atoms with Crippen LogP contribution >= 0.6 is 0 Å². The van der Waals surface area contributed by atoms with E-state index in [1.54, 1.807) is 0 Å². The van der Waals surface area contributed by atoms with Crippen molar-refractivity contribution < 1.29 is 5.11 Å². The van der Waals surface area contributed by atoms with Gasteiger partial charge in [-0.3, -0.25) is 0 Å². The maximum absolute atomic E-state index is 10.4. The highest BCUT2D eigenvalue weighted by Gasteiger charge is 2.22. The van der Waals surface area contributed by atoms with E-state index in [0.717, 1.165) is 23.2 Å². The normalized spacial score (nSPS) is 14.1. The molecule has 0 unspecified atom stereocenters. The molecule has 1 radical (unpaired) electrons. The molecule has 0 fully saturated rings. The van der Waals surface area contributed by atoms with Crippen LogP contribution in [0.2, 0.25) is 0 Å². The summed E-state index contributed by atoms with van der Waals surface area (Å²) in [5, 5.41) is 10.4. The molecular weight excluding hydrogens is 222 g/mol. The van der Waals surface area contributed by atoms with Crippen LogP contribution in [0.15, 0.2) is 54.6 Å². The van der Waals surface area contributed by atoms with E-state index in [9.17, 15) is 5.11 Å². The summed E-state index contributed by atoms with van der Waals surface area (Å²) in [7, 11) is 0. The SMILES string of the molecule is [CH2][C@@](O)(CCc1ccc(N)cc1)c1ccccc1. The predicted molar refractivity (Wildman–Crippen MR) is 74.9 cm³/mol. The molecule has 2 aromatic carbocycles. The molecule has 2 rings (SSSR count). The zero-order valence-electron chi connectivity index (χ0n) is 10.3. The van der Waals surface area contributed by atoms with E-state index in [4.69, 9.17) is 5.73 Å². The van der Waals surface area contributed by atoms with Crippen LogP contribution in [0.4, 0.5) is 5.69 Å². The Hall–Kier alpha value is -1.80. The minimum Gasteiger partial charge on any atom is -0.399 e. The first-order valence-electron chi connectivity index (χ1n) is 6.05. The number of rotatable bonds is 4. The van der Waals surface area contributed by atoms with E-state index >= 15 is 0 Å². The van der Waals surface area contributed by atoms with Gasteiger partial charge in [0.15, 0.2) is 0 Å². The van der Waals surface area contributed by atoms with Crippen LogP contribution in [-0.2, 0) is 12.0 Å². The standard InChI is InChI=1S/C16H18NO/c1-16(18,14-5-3-2-4-6-14)12-11-13-7-9-15(17)10-8-13/h2-10,18H,1,11-12,17H2/t16-/m1/s1. The molecule has 0 aliphatic rings. The fourth-order valence-electron chi connectivity index (χ4n) is 1.93. The highest BCUT2D eigenvalue weighted by molar-refractivity contribution is 5.39. The Morgan fingerprint density at radius 3 is 2.22 bits per heavy atom. The lowest BCUT2D eigenvalue weighted by molar-refractivity contribution is 0.0768. The molecule has 0 saturated carbocycles. The quantitative estimate of drug-likeness (QED) is 0.807. The summed E-state index contributed by atoms with van der Waals surface area (Å²) in [6.45, 7) is 3.90. The molecule has 0 saturated heterocycles. The van der Waals surface area contributed by atoms with Crippen molar-refractivity contribution in [2.45, 2.75) is 18.4 Å². The Bertz CT molecular complexity index is 488. The fraction of sp³-hybridized carbons (Fsp3) is 0.188. The van der Waals surface area contributed by atoms with Crippen LogP contribution in [0.3, 0.4) is 0 Å². The van der Waals surface area contributed by atoms with Gasteiger partial charge < -0.3 is 10.8 Å². The summed E-state index contributed by atoms with van der Waals surface area (Å²) in [5.41, 5.74) is 7.36. The van der Waals surface area contributed by atoms with Crippen molar-refractivity contribution in [1.82, 2.24) is 0 Å². The van der Waals surface area contributed by atoms with E-state index < -0.39 is 5.60 Å². The number of anilines is 1. The second-order valence-electron chi connectivity index (χ2n) is 4.64. The van der Waals surface area contributed by atoms with E-state index in [2.05, 4.69) is 6.92 Å². The summed E-state index contributed by atoms with van der Waals surface area (Å²) < 4.78 is 0. The fourth-order valence-corrected chi connectivity index (χ4v) is 1.93. The van der Waals surface area contributed by atoms with Crippen LogP contribution in [0.1, 0.15) is 17.5 Å². The third kappa shape index (κ3) is 3.11. The van der Waals surface area contributed by atoms with E-state index in [0.29, 0.717) is 6.42 Å². The first-order chi connectivity index (χ1) is 8.58. The molecule has 0 aliphatic heterocycles. The number of nitrogen functional groups attached to an aromatic ring is 1. The summed E-state index contributed by atoms with van der Waals surface area (Å²) in [4.78, 5) is 0. The van der Waals surface area contributed by atoms with Crippen LogP contribution < -0.4 is 5.73 Å². The van der Waals surface area contributed by atoms with Gasteiger partial charge in [0.2, 0.25) is 0 Å². The monoisotopic (exact) mass is 240 g/mol. The van der Waals surface area contributed by atoms with E-state index in [1.165, 1.54) is 0 Å². The van der Waals surface area contributed by atoms with Gasteiger partial charge in [-0.2, -0.15) is 0 Å². The van der Waals surface area contributed by atoms with Gasteiger partial charge >= 0.3 is 0 Å². The molecule has 0 aliphatic carbocycles. The van der Waals surface area contributed by atoms with Crippen LogP contribution in [-0.4, -0.2) is 5.11 Å². The first kappa shape index (κ1) is 12.7. The first-order valence-corrected chi connectivity index (χ1v) is 6.05. The van der Waals surface area contributed by atoms with E-state index in [-0.39, 0.29) is 0 Å². The van der Waals surface area contributed by atoms with Gasteiger partial charge in [0, 0.05) is 5.69 Å². The summed E-state index contributed by atoms with van der Waals surface area (Å²) in [5.74, 6) is 0. The largest absolute Gasteiger partial charge is 0.399 e. The van der Waals surface area contributed by atoms with Gasteiger partial charge in [-0.05, 0) is 43.0 Å². The van der Waals surface area contributed by atoms with Gasteiger partial charge in [0.25, 0.3) is 0 Å². The molecule has 0 spiro atoms. The van der Waals surface area contributed by atoms with Crippen LogP contribution in [0.25, 0.3) is 0 Å². The van der Waals surface area contributed by atoms with Crippen molar-refractivity contribution in [2.24, 2.45) is 0 Å². The maximum Gasteiger partial charge on any atom is 0.0900 e. The minimum atomic E-state index is -1.04. The van der Waals surface area contributed by atoms with Crippen molar-refractivity contribution in [2.75, 3.05) is 5.73 Å². The van der Waals surface area contributed by atoms with Gasteiger partial charge in [0.05, 0.1) is 5.60 Å². The Morgan fingerprint density at radius 2 is 1.61 bits per heavy atom. The second-order valence-corrected chi connectivity index (χ2v) is 4.64. The van der Waals surface area contributed by atoms with Crippen molar-refractivity contribution in [3.8, 4) is 0 Å². The molecule has 1 atom stereocenters.